The molecule has 0 bridgehead atoms. The molecule has 8 nitrogen and oxygen atoms in total. The molecule has 174 valence electrons. The Kier molecular flexibility index (Phi) is 6.02. The highest BCUT2D eigenvalue weighted by Gasteiger charge is 2.21. The summed E-state index contributed by atoms with van der Waals surface area (Å²) in [5, 5.41) is 14.0. The Morgan fingerprint density at radius 3 is 2.85 bits per heavy atom. The molecule has 0 spiro atoms. The molecule has 0 aliphatic carbocycles. The number of anilines is 1. The van der Waals surface area contributed by atoms with Crippen molar-refractivity contribution in [1.82, 2.24) is 14.8 Å². The summed E-state index contributed by atoms with van der Waals surface area (Å²) < 4.78 is 18.6. The van der Waals surface area contributed by atoms with Crippen LogP contribution in [-0.4, -0.2) is 32.7 Å². The number of benzene rings is 3. The maximum absolute atomic E-state index is 12.7. The average Bonchev–Trinajstić information content (AvgIpc) is 3.45. The lowest BCUT2D eigenvalue weighted by Crippen LogP contribution is -2.22. The number of hydrogen-bond acceptors (Lipinski definition) is 7. The summed E-state index contributed by atoms with van der Waals surface area (Å²) in [5.41, 5.74) is 1.74. The lowest BCUT2D eigenvalue weighted by atomic mass is 10.0. The van der Waals surface area contributed by atoms with Gasteiger partial charge in [-0.3, -0.25) is 4.79 Å². The fraction of sp³-hybridized carbons (Fsp3) is 0.240. The lowest BCUT2D eigenvalue weighted by molar-refractivity contribution is -0.115. The van der Waals surface area contributed by atoms with Gasteiger partial charge in [0.25, 0.3) is 0 Å². The van der Waals surface area contributed by atoms with Gasteiger partial charge >= 0.3 is 0 Å². The van der Waals surface area contributed by atoms with E-state index in [9.17, 15) is 4.79 Å². The fourth-order valence-electron chi connectivity index (χ4n) is 3.71. The first-order chi connectivity index (χ1) is 16.5. The number of nitrogens with zero attached hydrogens (tertiary/aromatic N) is 3. The molecule has 0 radical (unpaired) electrons. The van der Waals surface area contributed by atoms with Gasteiger partial charge in [-0.2, -0.15) is 0 Å². The quantitative estimate of drug-likeness (QED) is 0.387. The molecule has 0 saturated carbocycles. The van der Waals surface area contributed by atoms with Crippen molar-refractivity contribution in [3.05, 3.63) is 66.0 Å². The van der Waals surface area contributed by atoms with Crippen LogP contribution in [0.3, 0.4) is 0 Å². The minimum Gasteiger partial charge on any atom is -0.485 e. The van der Waals surface area contributed by atoms with Crippen LogP contribution in [0.1, 0.15) is 18.3 Å². The lowest BCUT2D eigenvalue weighted by Gasteiger charge is -2.13. The van der Waals surface area contributed by atoms with Gasteiger partial charge in [0.2, 0.25) is 12.7 Å². The highest BCUT2D eigenvalue weighted by molar-refractivity contribution is 8.00. The first kappa shape index (κ1) is 22.1. The number of fused-ring (bicyclic) bond motifs is 2. The molecule has 1 aromatic heterocycles. The van der Waals surface area contributed by atoms with Crippen LogP contribution in [0.5, 0.6) is 17.2 Å². The monoisotopic (exact) mass is 476 g/mol. The van der Waals surface area contributed by atoms with Crippen molar-refractivity contribution in [2.45, 2.75) is 30.9 Å². The molecular weight excluding hydrogens is 452 g/mol. The van der Waals surface area contributed by atoms with Crippen LogP contribution in [0.15, 0.2) is 59.8 Å². The predicted octanol–water partition coefficient (Wildman–Crippen LogP) is 4.70. The van der Waals surface area contributed by atoms with E-state index in [1.54, 1.807) is 18.2 Å². The van der Waals surface area contributed by atoms with E-state index in [1.165, 1.54) is 17.1 Å². The van der Waals surface area contributed by atoms with Gasteiger partial charge in [0.15, 0.2) is 22.5 Å². The SMILES string of the molecule is Cc1c(OCc2nnc(SC(C)C(=O)Nc3ccc4c(c3)OCO4)n2C)ccc2ccccc12. The smallest absolute Gasteiger partial charge is 0.237 e. The molecule has 1 atom stereocenters. The molecule has 1 N–H and O–H groups in total. The molecule has 1 amide bonds. The van der Waals surface area contributed by atoms with Gasteiger partial charge in [-0.1, -0.05) is 42.1 Å². The van der Waals surface area contributed by atoms with Crippen LogP contribution in [-0.2, 0) is 18.4 Å². The Morgan fingerprint density at radius 2 is 1.97 bits per heavy atom. The van der Waals surface area contributed by atoms with Crippen LogP contribution in [0, 0.1) is 6.92 Å². The van der Waals surface area contributed by atoms with Crippen molar-refractivity contribution in [2.75, 3.05) is 12.1 Å². The molecule has 1 aliphatic rings. The van der Waals surface area contributed by atoms with Crippen LogP contribution < -0.4 is 19.5 Å². The van der Waals surface area contributed by atoms with E-state index in [0.29, 0.717) is 28.2 Å². The third-order valence-corrected chi connectivity index (χ3v) is 6.86. The first-order valence-corrected chi connectivity index (χ1v) is 11.7. The number of carbonyl (C=O) groups excluding carboxylic acids is 1. The van der Waals surface area contributed by atoms with E-state index in [4.69, 9.17) is 14.2 Å². The van der Waals surface area contributed by atoms with Crippen molar-refractivity contribution < 1.29 is 19.0 Å². The molecule has 34 heavy (non-hydrogen) atoms. The Balaban J connectivity index is 1.21. The molecule has 0 saturated heterocycles. The predicted molar refractivity (Wildman–Crippen MR) is 131 cm³/mol. The zero-order valence-electron chi connectivity index (χ0n) is 19.1. The molecule has 3 aromatic carbocycles. The first-order valence-electron chi connectivity index (χ1n) is 10.9. The van der Waals surface area contributed by atoms with Crippen LogP contribution >= 0.6 is 11.8 Å². The molecular formula is C25H24N4O4S. The Bertz CT molecular complexity index is 1370. The molecule has 0 fully saturated rings. The summed E-state index contributed by atoms with van der Waals surface area (Å²) in [6, 6.07) is 17.6. The van der Waals surface area contributed by atoms with E-state index >= 15 is 0 Å². The topological polar surface area (TPSA) is 87.5 Å². The van der Waals surface area contributed by atoms with Crippen molar-refractivity contribution in [3.8, 4) is 17.2 Å². The third kappa shape index (κ3) is 4.38. The van der Waals surface area contributed by atoms with Gasteiger partial charge in [0.1, 0.15) is 12.4 Å². The maximum Gasteiger partial charge on any atom is 0.237 e. The van der Waals surface area contributed by atoms with E-state index < -0.39 is 0 Å². The van der Waals surface area contributed by atoms with Crippen LogP contribution in [0.25, 0.3) is 10.8 Å². The number of ether oxygens (including phenoxy) is 3. The zero-order valence-corrected chi connectivity index (χ0v) is 19.9. The van der Waals surface area contributed by atoms with E-state index in [2.05, 4.69) is 40.6 Å². The normalized spacial score (nSPS) is 13.1. The van der Waals surface area contributed by atoms with Crippen molar-refractivity contribution >= 4 is 34.1 Å². The molecule has 9 heteroatoms. The highest BCUT2D eigenvalue weighted by atomic mass is 32.2. The summed E-state index contributed by atoms with van der Waals surface area (Å²) in [7, 11) is 1.87. The summed E-state index contributed by atoms with van der Waals surface area (Å²) in [4.78, 5) is 12.7. The number of thioether (sulfide) groups is 1. The van der Waals surface area contributed by atoms with E-state index in [0.717, 1.165) is 16.7 Å². The molecule has 1 unspecified atom stereocenters. The summed E-state index contributed by atoms with van der Waals surface area (Å²) >= 11 is 1.34. The Labute approximate surface area is 201 Å². The highest BCUT2D eigenvalue weighted by Crippen LogP contribution is 2.34. The second kappa shape index (κ2) is 9.26. The van der Waals surface area contributed by atoms with Crippen molar-refractivity contribution in [1.29, 1.82) is 0 Å². The summed E-state index contributed by atoms with van der Waals surface area (Å²) in [6.07, 6.45) is 0. The van der Waals surface area contributed by atoms with E-state index in [-0.39, 0.29) is 24.6 Å². The largest absolute Gasteiger partial charge is 0.485 e. The Morgan fingerprint density at radius 1 is 1.15 bits per heavy atom. The van der Waals surface area contributed by atoms with Gasteiger partial charge in [-0.15, -0.1) is 10.2 Å². The van der Waals surface area contributed by atoms with Gasteiger partial charge < -0.3 is 24.1 Å². The molecule has 5 rings (SSSR count). The van der Waals surface area contributed by atoms with Crippen molar-refractivity contribution in [3.63, 3.8) is 0 Å². The minimum absolute atomic E-state index is 0.142. The number of aryl methyl sites for hydroxylation is 1. The Hall–Kier alpha value is -3.72. The zero-order chi connectivity index (χ0) is 23.7. The number of nitrogens with one attached hydrogen (secondary N) is 1. The summed E-state index contributed by atoms with van der Waals surface area (Å²) in [5.74, 6) is 2.65. The van der Waals surface area contributed by atoms with Gasteiger partial charge in [0, 0.05) is 18.8 Å². The fourth-order valence-corrected chi connectivity index (χ4v) is 4.54. The molecule has 4 aromatic rings. The number of aromatic nitrogens is 3. The number of carbonyl (C=O) groups is 1. The van der Waals surface area contributed by atoms with E-state index in [1.807, 2.05) is 36.7 Å². The summed E-state index contributed by atoms with van der Waals surface area (Å²) in [6.45, 7) is 4.35. The van der Waals surface area contributed by atoms with Gasteiger partial charge in [-0.05, 0) is 48.4 Å². The van der Waals surface area contributed by atoms with Crippen LogP contribution in [0.2, 0.25) is 0 Å². The number of hydrogen-bond donors (Lipinski definition) is 1. The second-order valence-corrected chi connectivity index (χ2v) is 9.28. The third-order valence-electron chi connectivity index (χ3n) is 5.72. The van der Waals surface area contributed by atoms with Crippen molar-refractivity contribution in [2.24, 2.45) is 7.05 Å². The molecule has 1 aliphatic heterocycles. The second-order valence-electron chi connectivity index (χ2n) is 7.97. The number of rotatable bonds is 7. The maximum atomic E-state index is 12.7. The van der Waals surface area contributed by atoms with Gasteiger partial charge in [-0.25, -0.2) is 0 Å². The molecule has 2 heterocycles. The van der Waals surface area contributed by atoms with Crippen LogP contribution in [0.4, 0.5) is 5.69 Å². The minimum atomic E-state index is -0.384. The number of amides is 1. The average molecular weight is 477 g/mol. The van der Waals surface area contributed by atoms with Gasteiger partial charge in [0.05, 0.1) is 5.25 Å². The standard InChI is InChI=1S/C25H24N4O4S/c1-15-19-7-5-4-6-17(19)8-10-20(15)31-13-23-27-28-25(29(23)3)34-16(2)24(30)26-18-9-11-21-22(12-18)33-14-32-21/h4-12,16H,13-14H2,1-3H3,(H,26,30).